The van der Waals surface area contributed by atoms with Crippen molar-refractivity contribution in [3.05, 3.63) is 87.1 Å². The quantitative estimate of drug-likeness (QED) is 0.331. The highest BCUT2D eigenvalue weighted by Crippen LogP contribution is 2.44. The molecule has 0 saturated heterocycles. The summed E-state index contributed by atoms with van der Waals surface area (Å²) in [7, 11) is 0.0520. The first-order chi connectivity index (χ1) is 13.6. The van der Waals surface area contributed by atoms with E-state index >= 15 is 0 Å². The summed E-state index contributed by atoms with van der Waals surface area (Å²) in [4.78, 5) is 3.31. The van der Waals surface area contributed by atoms with Gasteiger partial charge in [-0.2, -0.15) is 0 Å². The average molecular weight is 487 g/mol. The van der Waals surface area contributed by atoms with Crippen LogP contribution < -0.4 is 4.74 Å². The van der Waals surface area contributed by atoms with Gasteiger partial charge in [0.25, 0.3) is 0 Å². The Bertz CT molecular complexity index is 975. The van der Waals surface area contributed by atoms with Crippen molar-refractivity contribution in [2.45, 2.75) is 39.2 Å². The maximum atomic E-state index is 6.12. The Morgan fingerprint density at radius 3 is 2.28 bits per heavy atom. The maximum Gasteiger partial charge on any atom is 0.118 e. The minimum absolute atomic E-state index is 0.0141. The topological polar surface area (TPSA) is 12.5 Å². The number of hydrogen-bond acceptors (Lipinski definition) is 2. The third kappa shape index (κ3) is 4.42. The van der Waals surface area contributed by atoms with Crippen molar-refractivity contribution in [2.24, 2.45) is 0 Å². The number of hydrogen-bond donors (Lipinski definition) is 0. The summed E-state index contributed by atoms with van der Waals surface area (Å²) in [5, 5.41) is 1.34. The zero-order chi connectivity index (χ0) is 21.3. The molecule has 1 unspecified atom stereocenters. The molecular weight excluding hydrogens is 458 g/mol. The number of methoxy groups -OCH3 is 1. The van der Waals surface area contributed by atoms with E-state index in [2.05, 4.69) is 84.3 Å². The van der Waals surface area contributed by atoms with E-state index in [4.69, 9.17) is 17.0 Å². The summed E-state index contributed by atoms with van der Waals surface area (Å²) >= 11 is 9.87. The van der Waals surface area contributed by atoms with Gasteiger partial charge in [-0.15, -0.1) is 0 Å². The lowest BCUT2D eigenvalue weighted by atomic mass is 9.89. The number of ether oxygens (including phenoxy) is 1. The Kier molecular flexibility index (Phi) is 6.51. The van der Waals surface area contributed by atoms with Crippen LogP contribution in [0.1, 0.15) is 24.1 Å². The van der Waals surface area contributed by atoms with Crippen LogP contribution >= 0.6 is 28.1 Å². The number of thiocarbonyl (C=S) groups is 1. The van der Waals surface area contributed by atoms with Gasteiger partial charge in [-0.25, -0.2) is 0 Å². The Hall–Kier alpha value is -1.69. The zero-order valence-corrected chi connectivity index (χ0v) is 21.2. The molecule has 1 atom stereocenters. The zero-order valence-electron chi connectivity index (χ0n) is 17.8. The summed E-state index contributed by atoms with van der Waals surface area (Å²) in [5.74, 6) is 0.861. The Morgan fingerprint density at radius 2 is 1.72 bits per heavy atom. The smallest absolute Gasteiger partial charge is 0.118 e. The molecule has 2 aromatic carbocycles. The summed E-state index contributed by atoms with van der Waals surface area (Å²) in [5.41, 5.74) is 4.80. The lowest BCUT2D eigenvalue weighted by Crippen LogP contribution is -2.45. The van der Waals surface area contributed by atoms with Crippen LogP contribution in [0.3, 0.4) is 0 Å². The van der Waals surface area contributed by atoms with E-state index in [9.17, 15) is 0 Å². The lowest BCUT2D eigenvalue weighted by Gasteiger charge is -2.44. The maximum absolute atomic E-state index is 6.12. The summed E-state index contributed by atoms with van der Waals surface area (Å²) in [6.45, 7) is 14.5. The van der Waals surface area contributed by atoms with Crippen molar-refractivity contribution < 1.29 is 4.74 Å². The third-order valence-corrected chi connectivity index (χ3v) is 8.89. The van der Waals surface area contributed by atoms with Gasteiger partial charge in [0, 0.05) is 11.0 Å². The number of nitrogens with zero attached hydrogens (tertiary/aromatic N) is 1. The van der Waals surface area contributed by atoms with E-state index in [1.807, 2.05) is 18.2 Å². The molecule has 0 radical (unpaired) electrons. The molecule has 0 spiro atoms. The number of halogens is 1. The fourth-order valence-electron chi connectivity index (χ4n) is 4.00. The molecule has 0 amide bonds. The molecule has 1 heterocycles. The highest BCUT2D eigenvalue weighted by Gasteiger charge is 2.39. The Morgan fingerprint density at radius 1 is 1.10 bits per heavy atom. The molecule has 152 valence electrons. The van der Waals surface area contributed by atoms with Crippen LogP contribution in [0.15, 0.2) is 75.9 Å². The molecule has 1 aliphatic heterocycles. The van der Waals surface area contributed by atoms with E-state index in [0.29, 0.717) is 0 Å². The van der Waals surface area contributed by atoms with Gasteiger partial charge in [-0.1, -0.05) is 84.7 Å². The lowest BCUT2D eigenvalue weighted by molar-refractivity contribution is 0.347. The molecule has 0 aliphatic carbocycles. The van der Waals surface area contributed by atoms with Crippen LogP contribution in [0.2, 0.25) is 19.6 Å². The van der Waals surface area contributed by atoms with E-state index < -0.39 is 8.07 Å². The standard InChI is InChI=1S/C24H28BrNOSSi/c1-16-17(2)23(29(4,5)6)24(28)26(15-18-11-13-19(27-3)14-12-18)22(16)20-9-7-8-10-21(20)25/h7-14,22H,1,15H2,2-6H3. The second-order valence-electron chi connectivity index (χ2n) is 8.48. The average Bonchev–Trinajstić information content (AvgIpc) is 2.67. The molecule has 0 aromatic heterocycles. The van der Waals surface area contributed by atoms with Crippen molar-refractivity contribution in [3.8, 4) is 5.75 Å². The van der Waals surface area contributed by atoms with Crippen LogP contribution in [-0.2, 0) is 6.54 Å². The minimum Gasteiger partial charge on any atom is -0.497 e. The van der Waals surface area contributed by atoms with Crippen molar-refractivity contribution in [3.63, 3.8) is 0 Å². The molecule has 3 rings (SSSR count). The molecule has 0 saturated carbocycles. The molecule has 1 aliphatic rings. The summed E-state index contributed by atoms with van der Waals surface area (Å²) < 4.78 is 6.40. The van der Waals surface area contributed by atoms with Gasteiger partial charge >= 0.3 is 0 Å². The molecule has 2 aromatic rings. The van der Waals surface area contributed by atoms with E-state index in [1.54, 1.807) is 7.11 Å². The SMILES string of the molecule is C=C1C(C)=C([Si](C)(C)C)C(=S)N(Cc2ccc(OC)cc2)C1c1ccccc1Br. The van der Waals surface area contributed by atoms with Gasteiger partial charge in [0.15, 0.2) is 0 Å². The van der Waals surface area contributed by atoms with Gasteiger partial charge in [-0.3, -0.25) is 0 Å². The fourth-order valence-corrected chi connectivity index (χ4v) is 7.82. The van der Waals surface area contributed by atoms with Crippen LogP contribution in [0.4, 0.5) is 0 Å². The van der Waals surface area contributed by atoms with Gasteiger partial charge < -0.3 is 9.64 Å². The predicted octanol–water partition coefficient (Wildman–Crippen LogP) is 7.09. The molecule has 29 heavy (non-hydrogen) atoms. The number of rotatable bonds is 5. The molecule has 5 heteroatoms. The van der Waals surface area contributed by atoms with E-state index in [0.717, 1.165) is 27.3 Å². The molecule has 0 fully saturated rings. The van der Waals surface area contributed by atoms with E-state index in [-0.39, 0.29) is 6.04 Å². The molecule has 2 nitrogen and oxygen atoms in total. The first-order valence-electron chi connectivity index (χ1n) is 9.74. The first-order valence-corrected chi connectivity index (χ1v) is 14.4. The van der Waals surface area contributed by atoms with Crippen molar-refractivity contribution >= 4 is 41.2 Å². The predicted molar refractivity (Wildman–Crippen MR) is 133 cm³/mol. The Labute approximate surface area is 189 Å². The third-order valence-electron chi connectivity index (χ3n) is 5.43. The normalized spacial score (nSPS) is 17.7. The van der Waals surface area contributed by atoms with Crippen LogP contribution in [0.25, 0.3) is 0 Å². The van der Waals surface area contributed by atoms with Gasteiger partial charge in [0.1, 0.15) is 10.7 Å². The van der Waals surface area contributed by atoms with Gasteiger partial charge in [0.05, 0.1) is 21.2 Å². The van der Waals surface area contributed by atoms with Gasteiger partial charge in [-0.05, 0) is 52.6 Å². The second kappa shape index (κ2) is 8.58. The molecular formula is C24H28BrNOSSi. The summed E-state index contributed by atoms with van der Waals surface area (Å²) in [6, 6.07) is 16.6. The van der Waals surface area contributed by atoms with E-state index in [1.165, 1.54) is 21.9 Å². The molecule has 0 N–H and O–H groups in total. The summed E-state index contributed by atoms with van der Waals surface area (Å²) in [6.07, 6.45) is 0. The van der Waals surface area contributed by atoms with Crippen LogP contribution in [0.5, 0.6) is 5.75 Å². The highest BCUT2D eigenvalue weighted by atomic mass is 79.9. The van der Waals surface area contributed by atoms with Gasteiger partial charge in [0.2, 0.25) is 0 Å². The van der Waals surface area contributed by atoms with Crippen molar-refractivity contribution in [1.82, 2.24) is 4.90 Å². The monoisotopic (exact) mass is 485 g/mol. The number of benzene rings is 2. The first kappa shape index (κ1) is 22.0. The fraction of sp³-hybridized carbons (Fsp3) is 0.292. The largest absolute Gasteiger partial charge is 0.497 e. The van der Waals surface area contributed by atoms with Crippen molar-refractivity contribution in [2.75, 3.05) is 7.11 Å². The van der Waals surface area contributed by atoms with Crippen LogP contribution in [0, 0.1) is 0 Å². The van der Waals surface area contributed by atoms with Crippen molar-refractivity contribution in [1.29, 1.82) is 0 Å². The van der Waals surface area contributed by atoms with Crippen LogP contribution in [-0.4, -0.2) is 25.1 Å². The minimum atomic E-state index is -1.64. The highest BCUT2D eigenvalue weighted by molar-refractivity contribution is 9.10. The second-order valence-corrected chi connectivity index (χ2v) is 14.7. The molecule has 0 bridgehead atoms. The Balaban J connectivity index is 2.12.